The van der Waals surface area contributed by atoms with E-state index >= 15 is 0 Å². The number of piperidine rings is 1. The van der Waals surface area contributed by atoms with Gasteiger partial charge in [-0.05, 0) is 30.9 Å². The summed E-state index contributed by atoms with van der Waals surface area (Å²) < 4.78 is 0. The summed E-state index contributed by atoms with van der Waals surface area (Å²) in [6.07, 6.45) is 2.31. The molecule has 0 radical (unpaired) electrons. The van der Waals surface area contributed by atoms with Crippen LogP contribution >= 0.6 is 23.7 Å². The summed E-state index contributed by atoms with van der Waals surface area (Å²) in [5.41, 5.74) is 6.84. The first-order valence-corrected chi connectivity index (χ1v) is 7.14. The molecule has 2 N–H and O–H groups in total. The lowest BCUT2D eigenvalue weighted by Crippen LogP contribution is -2.45. The minimum Gasteiger partial charge on any atom is -0.329 e. The molecule has 1 aliphatic heterocycles. The number of hydrogen-bond acceptors (Lipinski definition) is 5. The zero-order valence-corrected chi connectivity index (χ0v) is 12.6. The summed E-state index contributed by atoms with van der Waals surface area (Å²) in [6.45, 7) is 4.73. The van der Waals surface area contributed by atoms with Gasteiger partial charge in [0, 0.05) is 30.6 Å². The van der Waals surface area contributed by atoms with Crippen LogP contribution in [0.2, 0.25) is 0 Å². The molecule has 0 spiro atoms. The Balaban J connectivity index is 0.00000180. The van der Waals surface area contributed by atoms with Crippen LogP contribution in [0.25, 0.3) is 0 Å². The average Bonchev–Trinajstić information content (AvgIpc) is 2.80. The Kier molecular flexibility index (Phi) is 6.19. The number of nitrogens with zero attached hydrogens (tertiary/aromatic N) is 2. The van der Waals surface area contributed by atoms with Gasteiger partial charge in [0.2, 0.25) is 0 Å². The number of thiophene rings is 1. The summed E-state index contributed by atoms with van der Waals surface area (Å²) in [5, 5.41) is 12.8. The van der Waals surface area contributed by atoms with E-state index in [1.54, 1.807) is 6.07 Å². The average molecular weight is 306 g/mol. The van der Waals surface area contributed by atoms with Crippen LogP contribution in [0, 0.1) is 16.0 Å². The van der Waals surface area contributed by atoms with Crippen LogP contribution in [-0.2, 0) is 6.54 Å². The molecule has 0 bridgehead atoms. The van der Waals surface area contributed by atoms with Crippen LogP contribution in [0.1, 0.15) is 25.3 Å². The highest BCUT2D eigenvalue weighted by atomic mass is 35.5. The van der Waals surface area contributed by atoms with Gasteiger partial charge in [0.1, 0.15) is 0 Å². The SMILES string of the molecule is CC1CCN(Cc2csc([N+](=O)[O-])c2)C(CN)C1.Cl. The molecule has 2 heterocycles. The second kappa shape index (κ2) is 7.19. The highest BCUT2D eigenvalue weighted by molar-refractivity contribution is 7.13. The largest absolute Gasteiger partial charge is 0.329 e. The lowest BCUT2D eigenvalue weighted by Gasteiger charge is -2.37. The van der Waals surface area contributed by atoms with Crippen molar-refractivity contribution in [3.8, 4) is 0 Å². The van der Waals surface area contributed by atoms with Crippen molar-refractivity contribution in [3.63, 3.8) is 0 Å². The van der Waals surface area contributed by atoms with Crippen LogP contribution in [0.3, 0.4) is 0 Å². The van der Waals surface area contributed by atoms with E-state index in [1.165, 1.54) is 17.8 Å². The molecule has 19 heavy (non-hydrogen) atoms. The summed E-state index contributed by atoms with van der Waals surface area (Å²) in [5.74, 6) is 0.728. The van der Waals surface area contributed by atoms with Gasteiger partial charge in [-0.3, -0.25) is 15.0 Å². The molecule has 7 heteroatoms. The molecule has 5 nitrogen and oxygen atoms in total. The molecule has 1 aromatic heterocycles. The predicted octanol–water partition coefficient (Wildman–Crippen LogP) is 2.64. The van der Waals surface area contributed by atoms with E-state index in [-0.39, 0.29) is 22.3 Å². The molecule has 2 rings (SSSR count). The number of halogens is 1. The molecule has 2 atom stereocenters. The monoisotopic (exact) mass is 305 g/mol. The Morgan fingerprint density at radius 1 is 1.63 bits per heavy atom. The second-order valence-corrected chi connectivity index (χ2v) is 5.93. The van der Waals surface area contributed by atoms with Crippen LogP contribution in [0.5, 0.6) is 0 Å². The Morgan fingerprint density at radius 3 is 2.95 bits per heavy atom. The van der Waals surface area contributed by atoms with E-state index in [4.69, 9.17) is 5.73 Å². The van der Waals surface area contributed by atoms with Crippen molar-refractivity contribution < 1.29 is 4.92 Å². The lowest BCUT2D eigenvalue weighted by molar-refractivity contribution is -0.380. The maximum Gasteiger partial charge on any atom is 0.324 e. The molecule has 0 amide bonds. The zero-order chi connectivity index (χ0) is 13.1. The van der Waals surface area contributed by atoms with Gasteiger partial charge in [-0.25, -0.2) is 0 Å². The molecule has 0 aromatic carbocycles. The van der Waals surface area contributed by atoms with Crippen molar-refractivity contribution in [2.45, 2.75) is 32.4 Å². The summed E-state index contributed by atoms with van der Waals surface area (Å²) in [4.78, 5) is 12.7. The Hall–Kier alpha value is -0.690. The summed E-state index contributed by atoms with van der Waals surface area (Å²) in [7, 11) is 0. The first kappa shape index (κ1) is 16.4. The number of rotatable bonds is 4. The van der Waals surface area contributed by atoms with Gasteiger partial charge in [-0.1, -0.05) is 18.3 Å². The van der Waals surface area contributed by atoms with Gasteiger partial charge < -0.3 is 5.73 Å². The number of nitro groups is 1. The minimum absolute atomic E-state index is 0. The van der Waals surface area contributed by atoms with Crippen LogP contribution in [0.4, 0.5) is 5.00 Å². The van der Waals surface area contributed by atoms with E-state index in [0.29, 0.717) is 12.6 Å². The third-order valence-electron chi connectivity index (χ3n) is 3.58. The third kappa shape index (κ3) is 4.14. The minimum atomic E-state index is -0.327. The number of likely N-dealkylation sites (tertiary alicyclic amines) is 1. The quantitative estimate of drug-likeness (QED) is 0.685. The predicted molar refractivity (Wildman–Crippen MR) is 79.9 cm³/mol. The normalized spacial score (nSPS) is 23.9. The maximum absolute atomic E-state index is 10.7. The van der Waals surface area contributed by atoms with Gasteiger partial charge in [0.25, 0.3) is 0 Å². The molecule has 2 unspecified atom stereocenters. The van der Waals surface area contributed by atoms with E-state index < -0.39 is 0 Å². The highest BCUT2D eigenvalue weighted by Gasteiger charge is 2.25. The Bertz CT molecular complexity index is 427. The van der Waals surface area contributed by atoms with Crippen molar-refractivity contribution in [2.75, 3.05) is 13.1 Å². The fourth-order valence-electron chi connectivity index (χ4n) is 2.53. The van der Waals surface area contributed by atoms with E-state index in [2.05, 4.69) is 11.8 Å². The van der Waals surface area contributed by atoms with Crippen molar-refractivity contribution in [3.05, 3.63) is 27.1 Å². The van der Waals surface area contributed by atoms with Crippen LogP contribution in [0.15, 0.2) is 11.4 Å². The Morgan fingerprint density at radius 2 is 2.37 bits per heavy atom. The van der Waals surface area contributed by atoms with E-state index in [9.17, 15) is 10.1 Å². The molecule has 0 saturated carbocycles. The Labute approximate surface area is 123 Å². The second-order valence-electron chi connectivity index (χ2n) is 5.04. The molecule has 0 aliphatic carbocycles. The third-order valence-corrected chi connectivity index (χ3v) is 4.51. The van der Waals surface area contributed by atoms with Gasteiger partial charge in [-0.15, -0.1) is 12.4 Å². The fourth-order valence-corrected chi connectivity index (χ4v) is 3.25. The highest BCUT2D eigenvalue weighted by Crippen LogP contribution is 2.27. The summed E-state index contributed by atoms with van der Waals surface area (Å²) in [6, 6.07) is 2.09. The smallest absolute Gasteiger partial charge is 0.324 e. The fraction of sp³-hybridized carbons (Fsp3) is 0.667. The van der Waals surface area contributed by atoms with Crippen molar-refractivity contribution >= 4 is 28.7 Å². The molecule has 1 aliphatic rings. The topological polar surface area (TPSA) is 72.4 Å². The lowest BCUT2D eigenvalue weighted by atomic mass is 9.92. The van der Waals surface area contributed by atoms with Gasteiger partial charge in [0.15, 0.2) is 0 Å². The van der Waals surface area contributed by atoms with Crippen molar-refractivity contribution in [1.29, 1.82) is 0 Å². The molecule has 108 valence electrons. The molecule has 1 saturated heterocycles. The maximum atomic E-state index is 10.7. The summed E-state index contributed by atoms with van der Waals surface area (Å²) >= 11 is 1.20. The van der Waals surface area contributed by atoms with Gasteiger partial charge in [-0.2, -0.15) is 0 Å². The van der Waals surface area contributed by atoms with Gasteiger partial charge >= 0.3 is 5.00 Å². The van der Waals surface area contributed by atoms with E-state index in [1.807, 2.05) is 5.38 Å². The number of nitrogens with two attached hydrogens (primary N) is 1. The number of hydrogen-bond donors (Lipinski definition) is 1. The van der Waals surface area contributed by atoms with Crippen LogP contribution < -0.4 is 5.73 Å². The molecule has 1 fully saturated rings. The van der Waals surface area contributed by atoms with Crippen LogP contribution in [-0.4, -0.2) is 29.0 Å². The standard InChI is InChI=1S/C12H19N3O2S.ClH/c1-9-2-3-14(11(4-9)6-13)7-10-5-12(15(16)17)18-8-10;/h5,8-9,11H,2-4,6-7,13H2,1H3;1H. The molecular weight excluding hydrogens is 286 g/mol. The van der Waals surface area contributed by atoms with Gasteiger partial charge in [0.05, 0.1) is 4.92 Å². The first-order valence-electron chi connectivity index (χ1n) is 6.26. The first-order chi connectivity index (χ1) is 8.60. The van der Waals surface area contributed by atoms with Crippen molar-refractivity contribution in [1.82, 2.24) is 4.90 Å². The molecule has 1 aromatic rings. The van der Waals surface area contributed by atoms with E-state index in [0.717, 1.165) is 31.0 Å². The zero-order valence-electron chi connectivity index (χ0n) is 10.9. The molecular formula is C12H20ClN3O2S. The van der Waals surface area contributed by atoms with Crippen molar-refractivity contribution in [2.24, 2.45) is 11.7 Å².